The van der Waals surface area contributed by atoms with Crippen molar-refractivity contribution in [1.29, 1.82) is 5.41 Å². The van der Waals surface area contributed by atoms with E-state index in [0.717, 1.165) is 5.56 Å². The number of hydrogen-bond donors (Lipinski definition) is 2. The van der Waals surface area contributed by atoms with Gasteiger partial charge in [-0.1, -0.05) is 29.8 Å². The SMILES string of the molecule is CN(Cc1ccccc1Cl)c1ccc(F)cc1C(=N)N. The maximum absolute atomic E-state index is 13.3. The molecule has 0 saturated heterocycles. The highest BCUT2D eigenvalue weighted by atomic mass is 35.5. The molecule has 0 atom stereocenters. The van der Waals surface area contributed by atoms with Crippen LogP contribution in [0.1, 0.15) is 11.1 Å². The van der Waals surface area contributed by atoms with Crippen LogP contribution in [0.15, 0.2) is 42.5 Å². The number of nitrogen functional groups attached to an aromatic ring is 1. The number of halogens is 2. The van der Waals surface area contributed by atoms with Gasteiger partial charge in [0.25, 0.3) is 0 Å². The van der Waals surface area contributed by atoms with Gasteiger partial charge in [-0.05, 0) is 29.8 Å². The van der Waals surface area contributed by atoms with E-state index in [1.54, 1.807) is 6.07 Å². The molecule has 5 heteroatoms. The molecule has 2 aromatic rings. The maximum Gasteiger partial charge on any atom is 0.125 e. The first-order valence-corrected chi connectivity index (χ1v) is 6.45. The molecular formula is C15H15ClFN3. The van der Waals surface area contributed by atoms with E-state index in [9.17, 15) is 4.39 Å². The molecule has 3 nitrogen and oxygen atoms in total. The standard InChI is InChI=1S/C15H15ClFN3/c1-20(9-10-4-2-3-5-13(10)16)14-7-6-11(17)8-12(14)15(18)19/h2-8H,9H2,1H3,(H3,18,19). The van der Waals surface area contributed by atoms with Crippen LogP contribution in [0.25, 0.3) is 0 Å². The highest BCUT2D eigenvalue weighted by molar-refractivity contribution is 6.31. The topological polar surface area (TPSA) is 53.1 Å². The molecule has 0 amide bonds. The minimum atomic E-state index is -0.412. The molecule has 0 aromatic heterocycles. The minimum Gasteiger partial charge on any atom is -0.384 e. The summed E-state index contributed by atoms with van der Waals surface area (Å²) in [6.07, 6.45) is 0. The van der Waals surface area contributed by atoms with E-state index in [4.69, 9.17) is 22.7 Å². The summed E-state index contributed by atoms with van der Waals surface area (Å²) >= 11 is 6.13. The van der Waals surface area contributed by atoms with Crippen LogP contribution >= 0.6 is 11.6 Å². The van der Waals surface area contributed by atoms with E-state index in [1.165, 1.54) is 12.1 Å². The summed E-state index contributed by atoms with van der Waals surface area (Å²) < 4.78 is 13.3. The zero-order valence-electron chi connectivity index (χ0n) is 11.0. The predicted octanol–water partition coefficient (Wildman–Crippen LogP) is 3.40. The summed E-state index contributed by atoms with van der Waals surface area (Å²) in [7, 11) is 1.85. The van der Waals surface area contributed by atoms with Gasteiger partial charge in [-0.2, -0.15) is 0 Å². The molecular weight excluding hydrogens is 277 g/mol. The van der Waals surface area contributed by atoms with Crippen LogP contribution in [0.5, 0.6) is 0 Å². The molecule has 104 valence electrons. The zero-order valence-corrected chi connectivity index (χ0v) is 11.8. The van der Waals surface area contributed by atoms with Gasteiger partial charge >= 0.3 is 0 Å². The lowest BCUT2D eigenvalue weighted by Crippen LogP contribution is -2.22. The van der Waals surface area contributed by atoms with Crippen LogP contribution in [-0.2, 0) is 6.54 Å². The zero-order chi connectivity index (χ0) is 14.7. The second-order valence-corrected chi connectivity index (χ2v) is 4.93. The Morgan fingerprint density at radius 1 is 1.30 bits per heavy atom. The van der Waals surface area contributed by atoms with Gasteiger partial charge in [0.1, 0.15) is 11.7 Å². The molecule has 0 radical (unpaired) electrons. The number of amidine groups is 1. The summed E-state index contributed by atoms with van der Waals surface area (Å²) in [6.45, 7) is 0.547. The lowest BCUT2D eigenvalue weighted by atomic mass is 10.1. The van der Waals surface area contributed by atoms with Crippen molar-refractivity contribution in [2.24, 2.45) is 5.73 Å². The first kappa shape index (κ1) is 14.3. The third-order valence-electron chi connectivity index (χ3n) is 3.03. The molecule has 0 bridgehead atoms. The number of nitrogens with one attached hydrogen (secondary N) is 1. The van der Waals surface area contributed by atoms with Crippen molar-refractivity contribution in [3.63, 3.8) is 0 Å². The van der Waals surface area contributed by atoms with Crippen LogP contribution in [-0.4, -0.2) is 12.9 Å². The van der Waals surface area contributed by atoms with Crippen molar-refractivity contribution in [3.8, 4) is 0 Å². The number of hydrogen-bond acceptors (Lipinski definition) is 2. The summed E-state index contributed by atoms with van der Waals surface area (Å²) in [5, 5.41) is 8.22. The van der Waals surface area contributed by atoms with Crippen molar-refractivity contribution in [2.45, 2.75) is 6.54 Å². The molecule has 0 aliphatic carbocycles. The Bertz CT molecular complexity index is 643. The normalized spacial score (nSPS) is 10.3. The van der Waals surface area contributed by atoms with E-state index in [-0.39, 0.29) is 5.84 Å². The Labute approximate surface area is 122 Å². The van der Waals surface area contributed by atoms with E-state index in [0.29, 0.717) is 22.8 Å². The number of nitrogens with two attached hydrogens (primary N) is 1. The van der Waals surface area contributed by atoms with Crippen LogP contribution in [0.4, 0.5) is 10.1 Å². The first-order chi connectivity index (χ1) is 9.49. The molecule has 0 heterocycles. The summed E-state index contributed by atoms with van der Waals surface area (Å²) in [5.74, 6) is -0.574. The third-order valence-corrected chi connectivity index (χ3v) is 3.39. The van der Waals surface area contributed by atoms with E-state index in [2.05, 4.69) is 0 Å². The quantitative estimate of drug-likeness (QED) is 0.670. The van der Waals surface area contributed by atoms with Crippen molar-refractivity contribution in [3.05, 3.63) is 64.4 Å². The molecule has 0 saturated carbocycles. The Morgan fingerprint density at radius 2 is 2.00 bits per heavy atom. The van der Waals surface area contributed by atoms with E-state index >= 15 is 0 Å². The molecule has 0 spiro atoms. The molecule has 20 heavy (non-hydrogen) atoms. The van der Waals surface area contributed by atoms with Gasteiger partial charge in [-0.3, -0.25) is 5.41 Å². The van der Waals surface area contributed by atoms with Gasteiger partial charge in [0, 0.05) is 29.9 Å². The average Bonchev–Trinajstić information content (AvgIpc) is 2.41. The smallest absolute Gasteiger partial charge is 0.125 e. The monoisotopic (exact) mass is 291 g/mol. The average molecular weight is 292 g/mol. The van der Waals surface area contributed by atoms with Gasteiger partial charge in [-0.25, -0.2) is 4.39 Å². The van der Waals surface area contributed by atoms with Gasteiger partial charge in [0.15, 0.2) is 0 Å². The van der Waals surface area contributed by atoms with E-state index in [1.807, 2.05) is 36.2 Å². The predicted molar refractivity (Wildman–Crippen MR) is 81.0 cm³/mol. The molecule has 0 fully saturated rings. The fourth-order valence-electron chi connectivity index (χ4n) is 2.02. The van der Waals surface area contributed by atoms with Crippen molar-refractivity contribution < 1.29 is 4.39 Å². The maximum atomic E-state index is 13.3. The van der Waals surface area contributed by atoms with Gasteiger partial charge in [-0.15, -0.1) is 0 Å². The Hall–Kier alpha value is -2.07. The van der Waals surface area contributed by atoms with E-state index < -0.39 is 5.82 Å². The second-order valence-electron chi connectivity index (χ2n) is 4.52. The fourth-order valence-corrected chi connectivity index (χ4v) is 2.22. The van der Waals surface area contributed by atoms with Crippen LogP contribution < -0.4 is 10.6 Å². The van der Waals surface area contributed by atoms with Gasteiger partial charge in [0.2, 0.25) is 0 Å². The summed E-state index contributed by atoms with van der Waals surface area (Å²) in [6, 6.07) is 11.8. The van der Waals surface area contributed by atoms with Crippen LogP contribution in [0, 0.1) is 11.2 Å². The minimum absolute atomic E-state index is 0.162. The highest BCUT2D eigenvalue weighted by Gasteiger charge is 2.12. The number of benzene rings is 2. The lowest BCUT2D eigenvalue weighted by molar-refractivity contribution is 0.627. The molecule has 0 aliphatic heterocycles. The fraction of sp³-hybridized carbons (Fsp3) is 0.133. The van der Waals surface area contributed by atoms with Crippen LogP contribution in [0.2, 0.25) is 5.02 Å². The summed E-state index contributed by atoms with van der Waals surface area (Å²) in [4.78, 5) is 1.89. The Balaban J connectivity index is 2.32. The van der Waals surface area contributed by atoms with Crippen LogP contribution in [0.3, 0.4) is 0 Å². The Kier molecular flexibility index (Phi) is 4.25. The highest BCUT2D eigenvalue weighted by Crippen LogP contribution is 2.24. The first-order valence-electron chi connectivity index (χ1n) is 6.07. The summed E-state index contributed by atoms with van der Waals surface area (Å²) in [5.41, 5.74) is 7.53. The molecule has 3 N–H and O–H groups in total. The van der Waals surface area contributed by atoms with Crippen molar-refractivity contribution >= 4 is 23.1 Å². The molecule has 0 aliphatic rings. The Morgan fingerprint density at radius 3 is 2.65 bits per heavy atom. The lowest BCUT2D eigenvalue weighted by Gasteiger charge is -2.22. The number of rotatable bonds is 4. The number of nitrogens with zero attached hydrogens (tertiary/aromatic N) is 1. The molecule has 2 rings (SSSR count). The van der Waals surface area contributed by atoms with Gasteiger partial charge < -0.3 is 10.6 Å². The third kappa shape index (κ3) is 3.08. The van der Waals surface area contributed by atoms with Gasteiger partial charge in [0.05, 0.1) is 0 Å². The van der Waals surface area contributed by atoms with Crippen molar-refractivity contribution in [1.82, 2.24) is 0 Å². The largest absolute Gasteiger partial charge is 0.384 e. The molecule has 0 unspecified atom stereocenters. The number of anilines is 1. The molecule has 2 aromatic carbocycles. The second kappa shape index (κ2) is 5.92. The van der Waals surface area contributed by atoms with Crippen molar-refractivity contribution in [2.75, 3.05) is 11.9 Å².